The summed E-state index contributed by atoms with van der Waals surface area (Å²) < 4.78 is 1.76. The van der Waals surface area contributed by atoms with E-state index in [0.717, 1.165) is 30.2 Å². The number of benzene rings is 1. The van der Waals surface area contributed by atoms with E-state index in [1.165, 1.54) is 24.9 Å². The molecule has 1 saturated heterocycles. The van der Waals surface area contributed by atoms with E-state index in [4.69, 9.17) is 0 Å². The molecule has 0 aliphatic carbocycles. The molecule has 5 heteroatoms. The first-order chi connectivity index (χ1) is 11.1. The van der Waals surface area contributed by atoms with Gasteiger partial charge >= 0.3 is 0 Å². The quantitative estimate of drug-likeness (QED) is 0.944. The van der Waals surface area contributed by atoms with Gasteiger partial charge in [0.2, 0.25) is 5.91 Å². The van der Waals surface area contributed by atoms with Gasteiger partial charge in [-0.1, -0.05) is 0 Å². The number of hydrogen-bond acceptors (Lipinski definition) is 3. The van der Waals surface area contributed by atoms with Crippen LogP contribution in [0.2, 0.25) is 0 Å². The molecule has 0 bridgehead atoms. The number of piperidine rings is 1. The maximum Gasteiger partial charge on any atom is 0.230 e. The van der Waals surface area contributed by atoms with Crippen molar-refractivity contribution in [1.82, 2.24) is 9.78 Å². The minimum atomic E-state index is -0.0151. The first-order valence-corrected chi connectivity index (χ1v) is 8.26. The van der Waals surface area contributed by atoms with E-state index in [0.29, 0.717) is 6.42 Å². The van der Waals surface area contributed by atoms with Gasteiger partial charge in [0.1, 0.15) is 0 Å². The topological polar surface area (TPSA) is 50.2 Å². The molecule has 1 N–H and O–H groups in total. The number of aromatic nitrogens is 2. The SMILES string of the molecule is Cc1cc(CC(=O)Nc2ccc(N3CCCCC3)cc2)n(C)n1. The Labute approximate surface area is 137 Å². The molecule has 1 fully saturated rings. The number of rotatable bonds is 4. The van der Waals surface area contributed by atoms with Gasteiger partial charge in [0.05, 0.1) is 12.1 Å². The van der Waals surface area contributed by atoms with E-state index in [9.17, 15) is 4.79 Å². The van der Waals surface area contributed by atoms with Crippen molar-refractivity contribution in [2.45, 2.75) is 32.6 Å². The largest absolute Gasteiger partial charge is 0.372 e. The minimum Gasteiger partial charge on any atom is -0.372 e. The second-order valence-corrected chi connectivity index (χ2v) is 6.22. The van der Waals surface area contributed by atoms with Gasteiger partial charge < -0.3 is 10.2 Å². The summed E-state index contributed by atoms with van der Waals surface area (Å²) in [6.45, 7) is 4.19. The Morgan fingerprint density at radius 3 is 2.48 bits per heavy atom. The van der Waals surface area contributed by atoms with Crippen molar-refractivity contribution in [3.05, 3.63) is 41.7 Å². The first kappa shape index (κ1) is 15.6. The Hall–Kier alpha value is -2.30. The molecular formula is C18H24N4O. The predicted molar refractivity (Wildman–Crippen MR) is 92.8 cm³/mol. The van der Waals surface area contributed by atoms with Crippen LogP contribution in [-0.4, -0.2) is 28.8 Å². The normalized spacial score (nSPS) is 14.8. The van der Waals surface area contributed by atoms with Crippen molar-refractivity contribution in [1.29, 1.82) is 0 Å². The van der Waals surface area contributed by atoms with E-state index in [1.54, 1.807) is 4.68 Å². The number of carbonyl (C=O) groups is 1. The Morgan fingerprint density at radius 1 is 1.17 bits per heavy atom. The lowest BCUT2D eigenvalue weighted by Crippen LogP contribution is -2.29. The number of amides is 1. The minimum absolute atomic E-state index is 0.0151. The van der Waals surface area contributed by atoms with Crippen LogP contribution >= 0.6 is 0 Å². The summed E-state index contributed by atoms with van der Waals surface area (Å²) in [5.74, 6) is -0.0151. The Balaban J connectivity index is 1.59. The van der Waals surface area contributed by atoms with Crippen molar-refractivity contribution in [3.8, 4) is 0 Å². The summed E-state index contributed by atoms with van der Waals surface area (Å²) >= 11 is 0. The summed E-state index contributed by atoms with van der Waals surface area (Å²) in [6, 6.07) is 10.1. The van der Waals surface area contributed by atoms with Crippen LogP contribution in [0.4, 0.5) is 11.4 Å². The summed E-state index contributed by atoms with van der Waals surface area (Å²) in [5.41, 5.74) is 3.94. The van der Waals surface area contributed by atoms with E-state index >= 15 is 0 Å². The van der Waals surface area contributed by atoms with Gasteiger partial charge in [0, 0.05) is 37.2 Å². The van der Waals surface area contributed by atoms with Crippen LogP contribution in [0.3, 0.4) is 0 Å². The molecule has 0 atom stereocenters. The molecule has 122 valence electrons. The second kappa shape index (κ2) is 6.86. The molecule has 0 saturated carbocycles. The molecule has 0 unspecified atom stereocenters. The van der Waals surface area contributed by atoms with Gasteiger partial charge in [-0.3, -0.25) is 9.48 Å². The fraction of sp³-hybridized carbons (Fsp3) is 0.444. The van der Waals surface area contributed by atoms with Crippen molar-refractivity contribution in [2.24, 2.45) is 7.05 Å². The van der Waals surface area contributed by atoms with Crippen LogP contribution in [0.25, 0.3) is 0 Å². The van der Waals surface area contributed by atoms with Crippen LogP contribution in [0.1, 0.15) is 30.7 Å². The highest BCUT2D eigenvalue weighted by Crippen LogP contribution is 2.21. The van der Waals surface area contributed by atoms with E-state index < -0.39 is 0 Å². The lowest BCUT2D eigenvalue weighted by Gasteiger charge is -2.28. The molecule has 0 radical (unpaired) electrons. The summed E-state index contributed by atoms with van der Waals surface area (Å²) in [5, 5.41) is 7.22. The molecule has 1 aliphatic rings. The first-order valence-electron chi connectivity index (χ1n) is 8.26. The van der Waals surface area contributed by atoms with Gasteiger partial charge in [0.15, 0.2) is 0 Å². The third kappa shape index (κ3) is 3.92. The second-order valence-electron chi connectivity index (χ2n) is 6.22. The van der Waals surface area contributed by atoms with E-state index in [1.807, 2.05) is 32.2 Å². The highest BCUT2D eigenvalue weighted by Gasteiger charge is 2.12. The highest BCUT2D eigenvalue weighted by atomic mass is 16.1. The smallest absolute Gasteiger partial charge is 0.230 e. The molecule has 1 aliphatic heterocycles. The molecule has 1 aromatic carbocycles. The number of hydrogen-bond donors (Lipinski definition) is 1. The average Bonchev–Trinajstić information content (AvgIpc) is 2.86. The molecule has 1 amide bonds. The van der Waals surface area contributed by atoms with Crippen molar-refractivity contribution in [2.75, 3.05) is 23.3 Å². The molecule has 1 aromatic heterocycles. The van der Waals surface area contributed by atoms with Crippen LogP contribution in [0.5, 0.6) is 0 Å². The summed E-state index contributed by atoms with van der Waals surface area (Å²) in [4.78, 5) is 14.6. The lowest BCUT2D eigenvalue weighted by atomic mass is 10.1. The zero-order chi connectivity index (χ0) is 16.2. The molecule has 23 heavy (non-hydrogen) atoms. The van der Waals surface area contributed by atoms with Crippen LogP contribution in [0, 0.1) is 6.92 Å². The average molecular weight is 312 g/mol. The monoisotopic (exact) mass is 312 g/mol. The van der Waals surface area contributed by atoms with E-state index in [2.05, 4.69) is 27.4 Å². The van der Waals surface area contributed by atoms with Gasteiger partial charge in [-0.25, -0.2) is 0 Å². The van der Waals surface area contributed by atoms with Crippen molar-refractivity contribution >= 4 is 17.3 Å². The predicted octanol–water partition coefficient (Wildman–Crippen LogP) is 2.90. The zero-order valence-electron chi connectivity index (χ0n) is 13.9. The fourth-order valence-corrected chi connectivity index (χ4v) is 3.11. The maximum absolute atomic E-state index is 12.2. The summed E-state index contributed by atoms with van der Waals surface area (Å²) in [7, 11) is 1.86. The molecule has 3 rings (SSSR count). The number of anilines is 2. The number of nitrogens with one attached hydrogen (secondary N) is 1. The third-order valence-corrected chi connectivity index (χ3v) is 4.31. The number of nitrogens with zero attached hydrogens (tertiary/aromatic N) is 3. The van der Waals surface area contributed by atoms with Crippen molar-refractivity contribution in [3.63, 3.8) is 0 Å². The molecule has 2 aromatic rings. The van der Waals surface area contributed by atoms with E-state index in [-0.39, 0.29) is 5.91 Å². The van der Waals surface area contributed by atoms with Crippen LogP contribution in [-0.2, 0) is 18.3 Å². The van der Waals surface area contributed by atoms with Gasteiger partial charge in [-0.15, -0.1) is 0 Å². The number of aryl methyl sites for hydroxylation is 2. The van der Waals surface area contributed by atoms with Gasteiger partial charge in [0.25, 0.3) is 0 Å². The third-order valence-electron chi connectivity index (χ3n) is 4.31. The molecule has 0 spiro atoms. The van der Waals surface area contributed by atoms with Gasteiger partial charge in [-0.2, -0.15) is 5.10 Å². The molecular weight excluding hydrogens is 288 g/mol. The summed E-state index contributed by atoms with van der Waals surface area (Å²) in [6.07, 6.45) is 4.20. The van der Waals surface area contributed by atoms with Crippen LogP contribution < -0.4 is 10.2 Å². The molecule has 5 nitrogen and oxygen atoms in total. The fourth-order valence-electron chi connectivity index (χ4n) is 3.11. The highest BCUT2D eigenvalue weighted by molar-refractivity contribution is 5.92. The van der Waals surface area contributed by atoms with Gasteiger partial charge in [-0.05, 0) is 56.5 Å². The maximum atomic E-state index is 12.2. The Morgan fingerprint density at radius 2 is 1.87 bits per heavy atom. The van der Waals surface area contributed by atoms with Crippen LogP contribution in [0.15, 0.2) is 30.3 Å². The van der Waals surface area contributed by atoms with Crippen molar-refractivity contribution < 1.29 is 4.79 Å². The number of carbonyl (C=O) groups excluding carboxylic acids is 1. The zero-order valence-corrected chi connectivity index (χ0v) is 13.9. The Bertz CT molecular complexity index is 669. The lowest BCUT2D eigenvalue weighted by molar-refractivity contribution is -0.115. The molecule has 2 heterocycles. The standard InChI is InChI=1S/C18H24N4O/c1-14-12-17(21(2)20-14)13-18(23)19-15-6-8-16(9-7-15)22-10-4-3-5-11-22/h6-9,12H,3-5,10-11,13H2,1-2H3,(H,19,23). The Kier molecular flexibility index (Phi) is 4.65.